The van der Waals surface area contributed by atoms with Crippen LogP contribution in [0.25, 0.3) is 0 Å². The van der Waals surface area contributed by atoms with Gasteiger partial charge in [0.25, 0.3) is 0 Å². The molecule has 94 valence electrons. The van der Waals surface area contributed by atoms with Gasteiger partial charge < -0.3 is 15.8 Å². The second kappa shape index (κ2) is 6.32. The fraction of sp³-hybridized carbons (Fsp3) is 0.417. The summed E-state index contributed by atoms with van der Waals surface area (Å²) in [6, 6.07) is 3.55. The molecule has 1 amide bonds. The Hall–Kier alpha value is -1.46. The van der Waals surface area contributed by atoms with Crippen LogP contribution in [0.2, 0.25) is 0 Å². The van der Waals surface area contributed by atoms with E-state index in [0.29, 0.717) is 24.3 Å². The standard InChI is InChI=1S/C12H17FN2O2/c1-8-7-9(13)3-4-11(8)15-12(16)10(14)5-6-17-2/h3-4,7,10H,5-6,14H2,1-2H3,(H,15,16). The van der Waals surface area contributed by atoms with Crippen molar-refractivity contribution in [3.63, 3.8) is 0 Å². The second-order valence-electron chi connectivity index (χ2n) is 3.84. The summed E-state index contributed by atoms with van der Waals surface area (Å²) in [5.41, 5.74) is 6.90. The van der Waals surface area contributed by atoms with Crippen LogP contribution in [0, 0.1) is 12.7 Å². The lowest BCUT2D eigenvalue weighted by molar-refractivity contribution is -0.117. The maximum atomic E-state index is 12.9. The summed E-state index contributed by atoms with van der Waals surface area (Å²) >= 11 is 0. The molecule has 3 N–H and O–H groups in total. The van der Waals surface area contributed by atoms with Crippen molar-refractivity contribution >= 4 is 11.6 Å². The first-order valence-electron chi connectivity index (χ1n) is 5.36. The summed E-state index contributed by atoms with van der Waals surface area (Å²) in [5.74, 6) is -0.624. The van der Waals surface area contributed by atoms with Crippen LogP contribution >= 0.6 is 0 Å². The molecule has 17 heavy (non-hydrogen) atoms. The number of hydrogen-bond acceptors (Lipinski definition) is 3. The number of ether oxygens (including phenoxy) is 1. The number of carbonyl (C=O) groups is 1. The molecule has 4 nitrogen and oxygen atoms in total. The van der Waals surface area contributed by atoms with Gasteiger partial charge in [0.15, 0.2) is 0 Å². The molecule has 0 radical (unpaired) electrons. The van der Waals surface area contributed by atoms with Crippen molar-refractivity contribution < 1.29 is 13.9 Å². The Morgan fingerprint density at radius 2 is 2.29 bits per heavy atom. The summed E-state index contributed by atoms with van der Waals surface area (Å²) in [6.07, 6.45) is 0.447. The first kappa shape index (κ1) is 13.6. The number of nitrogens with two attached hydrogens (primary N) is 1. The maximum absolute atomic E-state index is 12.9. The lowest BCUT2D eigenvalue weighted by Gasteiger charge is -2.13. The number of halogens is 1. The molecule has 0 aliphatic rings. The molecule has 0 aliphatic heterocycles. The molecule has 0 spiro atoms. The predicted octanol–water partition coefficient (Wildman–Crippen LogP) is 1.44. The van der Waals surface area contributed by atoms with Crippen LogP contribution in [0.4, 0.5) is 10.1 Å². The van der Waals surface area contributed by atoms with Gasteiger partial charge in [0.2, 0.25) is 5.91 Å². The fourth-order valence-corrected chi connectivity index (χ4v) is 1.37. The third-order valence-corrected chi connectivity index (χ3v) is 2.42. The van der Waals surface area contributed by atoms with E-state index in [1.807, 2.05) is 0 Å². The highest BCUT2D eigenvalue weighted by molar-refractivity contribution is 5.95. The summed E-state index contributed by atoms with van der Waals surface area (Å²) in [7, 11) is 1.55. The van der Waals surface area contributed by atoms with E-state index in [0.717, 1.165) is 0 Å². The van der Waals surface area contributed by atoms with Gasteiger partial charge in [-0.3, -0.25) is 4.79 Å². The molecule has 0 bridgehead atoms. The predicted molar refractivity (Wildman–Crippen MR) is 64.2 cm³/mol. The van der Waals surface area contributed by atoms with Gasteiger partial charge in [0.1, 0.15) is 5.82 Å². The molecule has 0 saturated heterocycles. The highest BCUT2D eigenvalue weighted by atomic mass is 19.1. The zero-order valence-corrected chi connectivity index (χ0v) is 10.00. The smallest absolute Gasteiger partial charge is 0.241 e. The molecule has 1 aromatic rings. The minimum Gasteiger partial charge on any atom is -0.385 e. The number of aryl methyl sites for hydroxylation is 1. The molecule has 1 atom stereocenters. The molecule has 0 heterocycles. The number of anilines is 1. The first-order valence-corrected chi connectivity index (χ1v) is 5.36. The molecule has 0 saturated carbocycles. The monoisotopic (exact) mass is 240 g/mol. The van der Waals surface area contributed by atoms with Crippen LogP contribution in [0.1, 0.15) is 12.0 Å². The van der Waals surface area contributed by atoms with Gasteiger partial charge in [0, 0.05) is 19.4 Å². The van der Waals surface area contributed by atoms with E-state index in [2.05, 4.69) is 5.32 Å². The van der Waals surface area contributed by atoms with E-state index in [4.69, 9.17) is 10.5 Å². The van der Waals surface area contributed by atoms with Gasteiger partial charge in [0.05, 0.1) is 6.04 Å². The highest BCUT2D eigenvalue weighted by Gasteiger charge is 2.14. The number of rotatable bonds is 5. The van der Waals surface area contributed by atoms with Gasteiger partial charge in [-0.2, -0.15) is 0 Å². The van der Waals surface area contributed by atoms with Crippen LogP contribution in [0.15, 0.2) is 18.2 Å². The van der Waals surface area contributed by atoms with Crippen molar-refractivity contribution in [1.29, 1.82) is 0 Å². The van der Waals surface area contributed by atoms with Crippen LogP contribution in [0.3, 0.4) is 0 Å². The van der Waals surface area contributed by atoms with Crippen molar-refractivity contribution in [3.8, 4) is 0 Å². The Balaban J connectivity index is 2.61. The molecule has 1 unspecified atom stereocenters. The first-order chi connectivity index (χ1) is 8.04. The minimum atomic E-state index is -0.626. The van der Waals surface area contributed by atoms with Crippen LogP contribution in [0.5, 0.6) is 0 Å². The topological polar surface area (TPSA) is 64.3 Å². The average Bonchev–Trinajstić information content (AvgIpc) is 2.29. The molecule has 0 aliphatic carbocycles. The van der Waals surface area contributed by atoms with Crippen molar-refractivity contribution in [3.05, 3.63) is 29.6 Å². The maximum Gasteiger partial charge on any atom is 0.241 e. The largest absolute Gasteiger partial charge is 0.385 e. The molecule has 0 fully saturated rings. The van der Waals surface area contributed by atoms with Crippen molar-refractivity contribution in [2.45, 2.75) is 19.4 Å². The van der Waals surface area contributed by atoms with Crippen LogP contribution < -0.4 is 11.1 Å². The Bertz CT molecular complexity index is 396. The van der Waals surface area contributed by atoms with E-state index in [-0.39, 0.29) is 11.7 Å². The fourth-order valence-electron chi connectivity index (χ4n) is 1.37. The number of carbonyl (C=O) groups excluding carboxylic acids is 1. The summed E-state index contributed by atoms with van der Waals surface area (Å²) < 4.78 is 17.7. The van der Waals surface area contributed by atoms with E-state index in [1.54, 1.807) is 14.0 Å². The lowest BCUT2D eigenvalue weighted by atomic mass is 10.1. The molecule has 5 heteroatoms. The number of benzene rings is 1. The van der Waals surface area contributed by atoms with E-state index in [9.17, 15) is 9.18 Å². The molecular weight excluding hydrogens is 223 g/mol. The average molecular weight is 240 g/mol. The number of hydrogen-bond donors (Lipinski definition) is 2. The molecule has 0 aromatic heterocycles. The third kappa shape index (κ3) is 4.13. The lowest BCUT2D eigenvalue weighted by Crippen LogP contribution is -2.36. The van der Waals surface area contributed by atoms with Crippen LogP contribution in [-0.4, -0.2) is 25.7 Å². The number of amides is 1. The SMILES string of the molecule is COCCC(N)C(=O)Nc1ccc(F)cc1C. The molecule has 1 rings (SSSR count). The molecule has 1 aromatic carbocycles. The van der Waals surface area contributed by atoms with Crippen molar-refractivity contribution in [1.82, 2.24) is 0 Å². The van der Waals surface area contributed by atoms with Gasteiger partial charge >= 0.3 is 0 Å². The summed E-state index contributed by atoms with van der Waals surface area (Å²) in [5, 5.41) is 2.66. The second-order valence-corrected chi connectivity index (χ2v) is 3.84. The van der Waals surface area contributed by atoms with Gasteiger partial charge in [-0.05, 0) is 37.1 Å². The van der Waals surface area contributed by atoms with Crippen molar-refractivity contribution in [2.24, 2.45) is 5.73 Å². The Labute approximate surface area is 100.0 Å². The number of nitrogens with one attached hydrogen (secondary N) is 1. The van der Waals surface area contributed by atoms with Gasteiger partial charge in [-0.25, -0.2) is 4.39 Å². The zero-order chi connectivity index (χ0) is 12.8. The Kier molecular flexibility index (Phi) is 5.06. The minimum absolute atomic E-state index is 0.295. The Morgan fingerprint density at radius 3 is 2.88 bits per heavy atom. The molecular formula is C12H17FN2O2. The van der Waals surface area contributed by atoms with Gasteiger partial charge in [-0.1, -0.05) is 0 Å². The van der Waals surface area contributed by atoms with Crippen LogP contribution in [-0.2, 0) is 9.53 Å². The van der Waals surface area contributed by atoms with E-state index < -0.39 is 6.04 Å². The quantitative estimate of drug-likeness (QED) is 0.818. The zero-order valence-electron chi connectivity index (χ0n) is 10.00. The van der Waals surface area contributed by atoms with Crippen molar-refractivity contribution in [2.75, 3.05) is 19.0 Å². The van der Waals surface area contributed by atoms with E-state index >= 15 is 0 Å². The normalized spacial score (nSPS) is 12.2. The third-order valence-electron chi connectivity index (χ3n) is 2.42. The Morgan fingerprint density at radius 1 is 1.59 bits per heavy atom. The number of methoxy groups -OCH3 is 1. The van der Waals surface area contributed by atoms with Gasteiger partial charge in [-0.15, -0.1) is 0 Å². The highest BCUT2D eigenvalue weighted by Crippen LogP contribution is 2.15. The summed E-state index contributed by atoms with van der Waals surface area (Å²) in [6.45, 7) is 2.15. The summed E-state index contributed by atoms with van der Waals surface area (Å²) in [4.78, 5) is 11.7. The van der Waals surface area contributed by atoms with E-state index in [1.165, 1.54) is 18.2 Å².